The summed E-state index contributed by atoms with van der Waals surface area (Å²) in [5, 5.41) is 10.5. The first-order chi connectivity index (χ1) is 12.8. The maximum absolute atomic E-state index is 12.1. The van der Waals surface area contributed by atoms with E-state index in [-0.39, 0.29) is 22.5 Å². The standard InChI is InChI=1S/C18H21N3O4S2/c1-2-4-17(22)21-14-5-3-6-15(11-14)26-12-18(23)20-13-7-9-16(10-8-13)27(19,24)25/h3,5-11H,2,4,12H2,1H3,(H,20,23)(H,21,22)(H2,19,24,25). The number of hydrogen-bond donors (Lipinski definition) is 3. The molecule has 0 aliphatic rings. The summed E-state index contributed by atoms with van der Waals surface area (Å²) in [6.45, 7) is 1.94. The molecule has 144 valence electrons. The Kier molecular flexibility index (Phi) is 7.40. The first-order valence-electron chi connectivity index (χ1n) is 8.23. The maximum atomic E-state index is 12.1. The number of rotatable bonds is 8. The number of amides is 2. The smallest absolute Gasteiger partial charge is 0.238 e. The van der Waals surface area contributed by atoms with Gasteiger partial charge in [0.25, 0.3) is 0 Å². The van der Waals surface area contributed by atoms with Gasteiger partial charge in [-0.3, -0.25) is 9.59 Å². The van der Waals surface area contributed by atoms with Gasteiger partial charge in [-0.05, 0) is 48.9 Å². The second-order valence-electron chi connectivity index (χ2n) is 5.73. The summed E-state index contributed by atoms with van der Waals surface area (Å²) in [4.78, 5) is 24.6. The monoisotopic (exact) mass is 407 g/mol. The fourth-order valence-corrected chi connectivity index (χ4v) is 3.46. The molecule has 2 amide bonds. The molecular weight excluding hydrogens is 386 g/mol. The molecule has 0 aromatic heterocycles. The average molecular weight is 408 g/mol. The number of carbonyl (C=O) groups is 2. The molecule has 0 bridgehead atoms. The van der Waals surface area contributed by atoms with E-state index in [9.17, 15) is 18.0 Å². The Bertz CT molecular complexity index is 912. The lowest BCUT2D eigenvalue weighted by atomic mass is 10.3. The quantitative estimate of drug-likeness (QED) is 0.582. The van der Waals surface area contributed by atoms with Crippen molar-refractivity contribution in [2.75, 3.05) is 16.4 Å². The minimum atomic E-state index is -3.76. The molecule has 9 heteroatoms. The summed E-state index contributed by atoms with van der Waals surface area (Å²) < 4.78 is 22.4. The van der Waals surface area contributed by atoms with Crippen LogP contribution < -0.4 is 15.8 Å². The number of anilines is 2. The molecule has 0 saturated carbocycles. The van der Waals surface area contributed by atoms with Gasteiger partial charge in [-0.2, -0.15) is 0 Å². The second-order valence-corrected chi connectivity index (χ2v) is 8.34. The van der Waals surface area contributed by atoms with Gasteiger partial charge in [-0.15, -0.1) is 11.8 Å². The van der Waals surface area contributed by atoms with Crippen LogP contribution in [0, 0.1) is 0 Å². The molecule has 0 atom stereocenters. The van der Waals surface area contributed by atoms with E-state index in [2.05, 4.69) is 10.6 Å². The van der Waals surface area contributed by atoms with Crippen molar-refractivity contribution in [3.63, 3.8) is 0 Å². The summed E-state index contributed by atoms with van der Waals surface area (Å²) in [6.07, 6.45) is 1.24. The zero-order valence-electron chi connectivity index (χ0n) is 14.8. The lowest BCUT2D eigenvalue weighted by molar-refractivity contribution is -0.116. The molecular formula is C18H21N3O4S2. The van der Waals surface area contributed by atoms with E-state index in [0.717, 1.165) is 11.3 Å². The zero-order chi connectivity index (χ0) is 19.9. The number of nitrogens with two attached hydrogens (primary N) is 1. The molecule has 0 fully saturated rings. The topological polar surface area (TPSA) is 118 Å². The zero-order valence-corrected chi connectivity index (χ0v) is 16.4. The van der Waals surface area contributed by atoms with Gasteiger partial charge in [0.15, 0.2) is 0 Å². The van der Waals surface area contributed by atoms with E-state index in [0.29, 0.717) is 17.8 Å². The van der Waals surface area contributed by atoms with Crippen LogP contribution in [0.2, 0.25) is 0 Å². The van der Waals surface area contributed by atoms with Gasteiger partial charge in [-0.25, -0.2) is 13.6 Å². The van der Waals surface area contributed by atoms with Crippen molar-refractivity contribution < 1.29 is 18.0 Å². The first kappa shape index (κ1) is 20.9. The number of carbonyl (C=O) groups excluding carboxylic acids is 2. The predicted octanol–water partition coefficient (Wildman–Crippen LogP) is 2.80. The molecule has 2 aromatic rings. The Hall–Kier alpha value is -2.36. The van der Waals surface area contributed by atoms with Gasteiger partial charge < -0.3 is 10.6 Å². The van der Waals surface area contributed by atoms with Crippen LogP contribution in [0.4, 0.5) is 11.4 Å². The van der Waals surface area contributed by atoms with Crippen LogP contribution in [-0.2, 0) is 19.6 Å². The third kappa shape index (κ3) is 7.05. The molecule has 0 aliphatic carbocycles. The van der Waals surface area contributed by atoms with Crippen LogP contribution in [0.25, 0.3) is 0 Å². The van der Waals surface area contributed by atoms with Crippen molar-refractivity contribution in [1.82, 2.24) is 0 Å². The normalized spacial score (nSPS) is 11.0. The molecule has 0 unspecified atom stereocenters. The van der Waals surface area contributed by atoms with Gasteiger partial charge in [0, 0.05) is 22.7 Å². The van der Waals surface area contributed by atoms with Crippen molar-refractivity contribution in [1.29, 1.82) is 0 Å². The Morgan fingerprint density at radius 3 is 2.30 bits per heavy atom. The van der Waals surface area contributed by atoms with E-state index < -0.39 is 10.0 Å². The predicted molar refractivity (Wildman–Crippen MR) is 107 cm³/mol. The fraction of sp³-hybridized carbons (Fsp3) is 0.222. The highest BCUT2D eigenvalue weighted by molar-refractivity contribution is 8.00. The lowest BCUT2D eigenvalue weighted by Crippen LogP contribution is -2.15. The van der Waals surface area contributed by atoms with E-state index in [1.807, 2.05) is 25.1 Å². The van der Waals surface area contributed by atoms with Crippen LogP contribution in [0.3, 0.4) is 0 Å². The summed E-state index contributed by atoms with van der Waals surface area (Å²) in [6, 6.07) is 12.9. The second kappa shape index (κ2) is 9.54. The summed E-state index contributed by atoms with van der Waals surface area (Å²) >= 11 is 1.33. The molecule has 0 heterocycles. The summed E-state index contributed by atoms with van der Waals surface area (Å²) in [5.74, 6) is -0.104. The van der Waals surface area contributed by atoms with Crippen LogP contribution >= 0.6 is 11.8 Å². The third-order valence-corrected chi connectivity index (χ3v) is 5.35. The van der Waals surface area contributed by atoms with Crippen molar-refractivity contribution in [2.24, 2.45) is 5.14 Å². The molecule has 7 nitrogen and oxygen atoms in total. The van der Waals surface area contributed by atoms with Crippen LogP contribution in [0.5, 0.6) is 0 Å². The molecule has 4 N–H and O–H groups in total. The van der Waals surface area contributed by atoms with Crippen LogP contribution in [-0.4, -0.2) is 26.0 Å². The molecule has 27 heavy (non-hydrogen) atoms. The maximum Gasteiger partial charge on any atom is 0.238 e. The number of sulfonamides is 1. The van der Waals surface area contributed by atoms with Gasteiger partial charge in [0.2, 0.25) is 21.8 Å². The van der Waals surface area contributed by atoms with Crippen molar-refractivity contribution in [3.05, 3.63) is 48.5 Å². The molecule has 0 saturated heterocycles. The van der Waals surface area contributed by atoms with Crippen LogP contribution in [0.15, 0.2) is 58.3 Å². The summed E-state index contributed by atoms with van der Waals surface area (Å²) in [7, 11) is -3.76. The van der Waals surface area contributed by atoms with Gasteiger partial charge in [-0.1, -0.05) is 13.0 Å². The van der Waals surface area contributed by atoms with E-state index in [1.54, 1.807) is 6.07 Å². The Morgan fingerprint density at radius 2 is 1.67 bits per heavy atom. The Labute approximate surface area is 162 Å². The molecule has 2 rings (SSSR count). The molecule has 0 spiro atoms. The summed E-state index contributed by atoms with van der Waals surface area (Å²) in [5.41, 5.74) is 1.17. The van der Waals surface area contributed by atoms with Gasteiger partial charge in [0.1, 0.15) is 0 Å². The van der Waals surface area contributed by atoms with Crippen molar-refractivity contribution >= 4 is 45.0 Å². The van der Waals surface area contributed by atoms with Crippen molar-refractivity contribution in [3.8, 4) is 0 Å². The van der Waals surface area contributed by atoms with Gasteiger partial charge >= 0.3 is 0 Å². The minimum Gasteiger partial charge on any atom is -0.326 e. The Morgan fingerprint density at radius 1 is 1.00 bits per heavy atom. The number of nitrogens with one attached hydrogen (secondary N) is 2. The van der Waals surface area contributed by atoms with Crippen molar-refractivity contribution in [2.45, 2.75) is 29.6 Å². The number of thioether (sulfide) groups is 1. The number of primary sulfonamides is 1. The molecule has 0 aliphatic heterocycles. The highest BCUT2D eigenvalue weighted by Crippen LogP contribution is 2.22. The SMILES string of the molecule is CCCC(=O)Nc1cccc(SCC(=O)Nc2ccc(S(N)(=O)=O)cc2)c1. The third-order valence-electron chi connectivity index (χ3n) is 3.43. The van der Waals surface area contributed by atoms with Crippen LogP contribution in [0.1, 0.15) is 19.8 Å². The highest BCUT2D eigenvalue weighted by Gasteiger charge is 2.09. The van der Waals surface area contributed by atoms with E-state index in [4.69, 9.17) is 5.14 Å². The average Bonchev–Trinajstić information content (AvgIpc) is 2.60. The first-order valence-corrected chi connectivity index (χ1v) is 10.8. The minimum absolute atomic E-state index is 0.0168. The largest absolute Gasteiger partial charge is 0.326 e. The number of benzene rings is 2. The number of hydrogen-bond acceptors (Lipinski definition) is 5. The molecule has 0 radical (unpaired) electrons. The lowest BCUT2D eigenvalue weighted by Gasteiger charge is -2.08. The van der Waals surface area contributed by atoms with E-state index >= 15 is 0 Å². The van der Waals surface area contributed by atoms with Gasteiger partial charge in [0.05, 0.1) is 10.6 Å². The highest BCUT2D eigenvalue weighted by atomic mass is 32.2. The Balaban J connectivity index is 1.89. The van der Waals surface area contributed by atoms with E-state index in [1.165, 1.54) is 36.0 Å². The molecule has 2 aromatic carbocycles. The fourth-order valence-electron chi connectivity index (χ4n) is 2.19.